The molecule has 0 atom stereocenters. The molecule has 0 saturated heterocycles. The molecule has 5 nitrogen and oxygen atoms in total. The fourth-order valence-corrected chi connectivity index (χ4v) is 3.07. The van der Waals surface area contributed by atoms with Gasteiger partial charge in [0.25, 0.3) is 0 Å². The van der Waals surface area contributed by atoms with Crippen molar-refractivity contribution in [3.63, 3.8) is 0 Å². The summed E-state index contributed by atoms with van der Waals surface area (Å²) in [6, 6.07) is 0.505. The van der Waals surface area contributed by atoms with Crippen LogP contribution < -0.4 is 0 Å². The minimum atomic E-state index is -0.756. The summed E-state index contributed by atoms with van der Waals surface area (Å²) in [5.41, 5.74) is -0.290. The minimum Gasteiger partial charge on any atom is -0.481 e. The highest BCUT2D eigenvalue weighted by atomic mass is 16.4. The highest BCUT2D eigenvalue weighted by molar-refractivity contribution is 5.67. The van der Waals surface area contributed by atoms with Gasteiger partial charge >= 0.3 is 5.97 Å². The van der Waals surface area contributed by atoms with Gasteiger partial charge in [0.2, 0.25) is 0 Å². The van der Waals surface area contributed by atoms with Gasteiger partial charge in [0, 0.05) is 12.5 Å². The van der Waals surface area contributed by atoms with Crippen molar-refractivity contribution in [1.82, 2.24) is 14.8 Å². The molecule has 0 spiro atoms. The Hall–Kier alpha value is -1.39. The number of carboxylic acid groups (broad SMARTS) is 1. The topological polar surface area (TPSA) is 68.0 Å². The second-order valence-electron chi connectivity index (χ2n) is 6.38. The normalized spacial score (nSPS) is 17.0. The van der Waals surface area contributed by atoms with Gasteiger partial charge in [-0.2, -0.15) is 0 Å². The van der Waals surface area contributed by atoms with Crippen molar-refractivity contribution in [3.05, 3.63) is 11.6 Å². The highest BCUT2D eigenvalue weighted by Crippen LogP contribution is 2.33. The quantitative estimate of drug-likeness (QED) is 0.888. The zero-order valence-corrected chi connectivity index (χ0v) is 12.0. The monoisotopic (exact) mass is 265 g/mol. The molecule has 1 heterocycles. The van der Waals surface area contributed by atoms with E-state index < -0.39 is 5.97 Å². The van der Waals surface area contributed by atoms with Crippen LogP contribution in [0.1, 0.15) is 63.6 Å². The van der Waals surface area contributed by atoms with Gasteiger partial charge in [-0.1, -0.05) is 26.7 Å². The number of aromatic nitrogens is 3. The first-order valence-electron chi connectivity index (χ1n) is 7.01. The molecule has 1 fully saturated rings. The van der Waals surface area contributed by atoms with E-state index in [1.165, 1.54) is 25.7 Å². The molecular weight excluding hydrogens is 242 g/mol. The van der Waals surface area contributed by atoms with Crippen molar-refractivity contribution >= 4 is 5.97 Å². The molecular formula is C14H23N3O2. The molecule has 0 amide bonds. The van der Waals surface area contributed by atoms with E-state index in [2.05, 4.69) is 14.8 Å². The van der Waals surface area contributed by atoms with E-state index in [1.54, 1.807) is 0 Å². The Kier molecular flexibility index (Phi) is 3.92. The molecule has 1 aromatic rings. The molecule has 1 saturated carbocycles. The first kappa shape index (κ1) is 14.0. The average molecular weight is 265 g/mol. The van der Waals surface area contributed by atoms with Crippen LogP contribution in [0.5, 0.6) is 0 Å². The van der Waals surface area contributed by atoms with Crippen LogP contribution in [-0.2, 0) is 11.2 Å². The van der Waals surface area contributed by atoms with Crippen molar-refractivity contribution in [1.29, 1.82) is 0 Å². The molecule has 2 rings (SSSR count). The fraction of sp³-hybridized carbons (Fsp3) is 0.786. The lowest BCUT2D eigenvalue weighted by molar-refractivity contribution is -0.139. The predicted octanol–water partition coefficient (Wildman–Crippen LogP) is 2.75. The zero-order chi connectivity index (χ0) is 14.0. The van der Waals surface area contributed by atoms with Gasteiger partial charge in [0.1, 0.15) is 11.6 Å². The average Bonchev–Trinajstić information content (AvgIpc) is 2.85. The highest BCUT2D eigenvalue weighted by Gasteiger charge is 2.28. The largest absolute Gasteiger partial charge is 0.481 e. The minimum absolute atomic E-state index is 0.156. The van der Waals surface area contributed by atoms with Gasteiger partial charge in [0.15, 0.2) is 0 Å². The van der Waals surface area contributed by atoms with Gasteiger partial charge in [-0.05, 0) is 25.2 Å². The zero-order valence-electron chi connectivity index (χ0n) is 12.0. The maximum atomic E-state index is 10.9. The summed E-state index contributed by atoms with van der Waals surface area (Å²) >= 11 is 0. The maximum absolute atomic E-state index is 10.9. The van der Waals surface area contributed by atoms with Crippen molar-refractivity contribution in [2.45, 2.75) is 65.3 Å². The van der Waals surface area contributed by atoms with E-state index in [4.69, 9.17) is 5.11 Å². The number of aryl methyl sites for hydroxylation is 1. The second kappa shape index (κ2) is 5.31. The van der Waals surface area contributed by atoms with Gasteiger partial charge in [-0.25, -0.2) is 0 Å². The number of carbonyl (C=O) groups is 1. The first-order chi connectivity index (χ1) is 8.89. The summed E-state index contributed by atoms with van der Waals surface area (Å²) in [6.07, 6.45) is 5.72. The molecule has 0 bridgehead atoms. The molecule has 1 aromatic heterocycles. The van der Waals surface area contributed by atoms with E-state index in [0.29, 0.717) is 12.5 Å². The molecule has 0 unspecified atom stereocenters. The molecule has 1 N–H and O–H groups in total. The number of hydrogen-bond acceptors (Lipinski definition) is 3. The third-order valence-corrected chi connectivity index (χ3v) is 3.89. The standard InChI is InChI=1S/C14H23N3O2/c1-10-15-16-12(8-14(2,3)9-13(18)19)17(10)11-6-4-5-7-11/h11H,4-9H2,1-3H3,(H,18,19). The first-order valence-corrected chi connectivity index (χ1v) is 7.01. The molecule has 0 radical (unpaired) electrons. The van der Waals surface area contributed by atoms with Crippen LogP contribution in [-0.4, -0.2) is 25.8 Å². The van der Waals surface area contributed by atoms with Crippen molar-refractivity contribution in [2.24, 2.45) is 5.41 Å². The van der Waals surface area contributed by atoms with E-state index in [9.17, 15) is 4.79 Å². The van der Waals surface area contributed by atoms with E-state index in [-0.39, 0.29) is 11.8 Å². The summed E-state index contributed by atoms with van der Waals surface area (Å²) in [5, 5.41) is 17.4. The van der Waals surface area contributed by atoms with E-state index in [0.717, 1.165) is 11.6 Å². The van der Waals surface area contributed by atoms with Crippen molar-refractivity contribution < 1.29 is 9.90 Å². The Morgan fingerprint density at radius 3 is 2.58 bits per heavy atom. The smallest absolute Gasteiger partial charge is 0.303 e. The van der Waals surface area contributed by atoms with Crippen LogP contribution in [0.3, 0.4) is 0 Å². The van der Waals surface area contributed by atoms with E-state index in [1.807, 2.05) is 20.8 Å². The summed E-state index contributed by atoms with van der Waals surface area (Å²) in [4.78, 5) is 10.9. The van der Waals surface area contributed by atoms with Crippen LogP contribution in [0.2, 0.25) is 0 Å². The molecule has 0 aromatic carbocycles. The lowest BCUT2D eigenvalue weighted by atomic mass is 9.85. The number of aliphatic carboxylic acids is 1. The van der Waals surface area contributed by atoms with Crippen molar-refractivity contribution in [2.75, 3.05) is 0 Å². The summed E-state index contributed by atoms with van der Waals surface area (Å²) in [6.45, 7) is 5.94. The number of carboxylic acids is 1. The molecule has 5 heteroatoms. The predicted molar refractivity (Wildman–Crippen MR) is 72.0 cm³/mol. The van der Waals surface area contributed by atoms with Crippen molar-refractivity contribution in [3.8, 4) is 0 Å². The van der Waals surface area contributed by atoms with Crippen LogP contribution in [0.15, 0.2) is 0 Å². The summed E-state index contributed by atoms with van der Waals surface area (Å²) in [5.74, 6) is 1.14. The molecule has 19 heavy (non-hydrogen) atoms. The Labute approximate surface area is 114 Å². The third kappa shape index (κ3) is 3.33. The Morgan fingerprint density at radius 1 is 1.37 bits per heavy atom. The van der Waals surface area contributed by atoms with Crippen LogP contribution in [0, 0.1) is 12.3 Å². The van der Waals surface area contributed by atoms with Crippen LogP contribution in [0.4, 0.5) is 0 Å². The molecule has 1 aliphatic rings. The van der Waals surface area contributed by atoms with E-state index >= 15 is 0 Å². The molecule has 106 valence electrons. The summed E-state index contributed by atoms with van der Waals surface area (Å²) in [7, 11) is 0. The molecule has 0 aliphatic heterocycles. The Balaban J connectivity index is 2.18. The number of hydrogen-bond donors (Lipinski definition) is 1. The summed E-state index contributed by atoms with van der Waals surface area (Å²) < 4.78 is 2.23. The Morgan fingerprint density at radius 2 is 2.00 bits per heavy atom. The lowest BCUT2D eigenvalue weighted by Crippen LogP contribution is -2.23. The van der Waals surface area contributed by atoms with Gasteiger partial charge in [-0.15, -0.1) is 10.2 Å². The van der Waals surface area contributed by atoms with Gasteiger partial charge in [-0.3, -0.25) is 4.79 Å². The van der Waals surface area contributed by atoms with Gasteiger partial charge in [0.05, 0.1) is 6.42 Å². The lowest BCUT2D eigenvalue weighted by Gasteiger charge is -2.24. The Bertz CT molecular complexity index is 459. The van der Waals surface area contributed by atoms with Crippen LogP contribution in [0.25, 0.3) is 0 Å². The SMILES string of the molecule is Cc1nnc(CC(C)(C)CC(=O)O)n1C1CCCC1. The molecule has 1 aliphatic carbocycles. The number of nitrogens with zero attached hydrogens (tertiary/aromatic N) is 3. The second-order valence-corrected chi connectivity index (χ2v) is 6.38. The third-order valence-electron chi connectivity index (χ3n) is 3.89. The maximum Gasteiger partial charge on any atom is 0.303 e. The fourth-order valence-electron chi connectivity index (χ4n) is 3.07. The van der Waals surface area contributed by atoms with Crippen LogP contribution >= 0.6 is 0 Å². The number of rotatable bonds is 5. The van der Waals surface area contributed by atoms with Gasteiger partial charge < -0.3 is 9.67 Å².